The van der Waals surface area contributed by atoms with E-state index in [-0.39, 0.29) is 18.6 Å². The molecule has 0 aliphatic rings. The maximum absolute atomic E-state index is 12.4. The average Bonchev–Trinajstić information content (AvgIpc) is 3.03. The summed E-state index contributed by atoms with van der Waals surface area (Å²) in [5.74, 6) is 0.171. The molecule has 0 spiro atoms. The van der Waals surface area contributed by atoms with Crippen molar-refractivity contribution in [2.24, 2.45) is 5.92 Å². The highest BCUT2D eigenvalue weighted by Gasteiger charge is 2.16. The van der Waals surface area contributed by atoms with Crippen molar-refractivity contribution < 1.29 is 14.3 Å². The van der Waals surface area contributed by atoms with Gasteiger partial charge in [0.1, 0.15) is 4.34 Å². The van der Waals surface area contributed by atoms with Crippen molar-refractivity contribution in [2.45, 2.75) is 43.8 Å². The molecule has 0 fully saturated rings. The van der Waals surface area contributed by atoms with E-state index in [1.807, 2.05) is 45.2 Å². The van der Waals surface area contributed by atoms with Gasteiger partial charge >= 0.3 is 5.97 Å². The van der Waals surface area contributed by atoms with Crippen LogP contribution in [0.2, 0.25) is 0 Å². The van der Waals surface area contributed by atoms with E-state index in [2.05, 4.69) is 10.3 Å². The number of amides is 1. The Morgan fingerprint density at radius 3 is 2.65 bits per heavy atom. The minimum atomic E-state index is -0.483. The van der Waals surface area contributed by atoms with Crippen LogP contribution in [0.3, 0.4) is 0 Å². The van der Waals surface area contributed by atoms with Crippen LogP contribution in [0.5, 0.6) is 0 Å². The Bertz CT molecular complexity index is 759. The highest BCUT2D eigenvalue weighted by Crippen LogP contribution is 2.27. The van der Waals surface area contributed by atoms with Crippen molar-refractivity contribution >= 4 is 35.0 Å². The van der Waals surface area contributed by atoms with Crippen LogP contribution >= 0.6 is 23.1 Å². The maximum atomic E-state index is 12.4. The van der Waals surface area contributed by atoms with E-state index in [0.29, 0.717) is 17.2 Å². The molecule has 140 valence electrons. The SMILES string of the molecule is Cc1csc(SCc2ccccc2C(=O)OCC(=O)N[C@H](C)C(C)C)n1. The van der Waals surface area contributed by atoms with Gasteiger partial charge in [-0.2, -0.15) is 0 Å². The first-order chi connectivity index (χ1) is 12.4. The van der Waals surface area contributed by atoms with Gasteiger partial charge < -0.3 is 10.1 Å². The van der Waals surface area contributed by atoms with E-state index >= 15 is 0 Å². The lowest BCUT2D eigenvalue weighted by molar-refractivity contribution is -0.125. The lowest BCUT2D eigenvalue weighted by Gasteiger charge is -2.17. The maximum Gasteiger partial charge on any atom is 0.338 e. The van der Waals surface area contributed by atoms with Crippen molar-refractivity contribution in [2.75, 3.05) is 6.61 Å². The van der Waals surface area contributed by atoms with E-state index in [1.54, 1.807) is 35.2 Å². The van der Waals surface area contributed by atoms with Gasteiger partial charge in [-0.25, -0.2) is 9.78 Å². The summed E-state index contributed by atoms with van der Waals surface area (Å²) in [6.45, 7) is 7.65. The summed E-state index contributed by atoms with van der Waals surface area (Å²) in [6.07, 6.45) is 0. The van der Waals surface area contributed by atoms with Gasteiger partial charge in [0.2, 0.25) is 0 Å². The van der Waals surface area contributed by atoms with E-state index in [4.69, 9.17) is 4.74 Å². The second-order valence-electron chi connectivity index (χ2n) is 6.38. The molecule has 2 aromatic rings. The summed E-state index contributed by atoms with van der Waals surface area (Å²) in [4.78, 5) is 28.7. The highest BCUT2D eigenvalue weighted by molar-refractivity contribution is 8.00. The Morgan fingerprint density at radius 1 is 1.27 bits per heavy atom. The molecule has 1 heterocycles. The molecule has 0 saturated carbocycles. The van der Waals surface area contributed by atoms with Crippen LogP contribution in [-0.4, -0.2) is 29.5 Å². The van der Waals surface area contributed by atoms with Gasteiger partial charge in [-0.1, -0.05) is 43.8 Å². The number of hydrogen-bond acceptors (Lipinski definition) is 6. The number of hydrogen-bond donors (Lipinski definition) is 1. The first kappa shape index (κ1) is 20.5. The molecule has 1 amide bonds. The fourth-order valence-electron chi connectivity index (χ4n) is 2.05. The first-order valence-corrected chi connectivity index (χ1v) is 10.3. The highest BCUT2D eigenvalue weighted by atomic mass is 32.2. The molecule has 2 rings (SSSR count). The smallest absolute Gasteiger partial charge is 0.338 e. The topological polar surface area (TPSA) is 68.3 Å². The van der Waals surface area contributed by atoms with Crippen LogP contribution in [0.4, 0.5) is 0 Å². The molecule has 0 aliphatic carbocycles. The van der Waals surface area contributed by atoms with Crippen LogP contribution in [0, 0.1) is 12.8 Å². The quantitative estimate of drug-likeness (QED) is 0.542. The summed E-state index contributed by atoms with van der Waals surface area (Å²) in [7, 11) is 0. The van der Waals surface area contributed by atoms with Crippen LogP contribution in [0.25, 0.3) is 0 Å². The zero-order chi connectivity index (χ0) is 19.1. The lowest BCUT2D eigenvalue weighted by atomic mass is 10.1. The normalized spacial score (nSPS) is 12.0. The van der Waals surface area contributed by atoms with Gasteiger partial charge in [0.25, 0.3) is 5.91 Å². The summed E-state index contributed by atoms with van der Waals surface area (Å²) >= 11 is 3.17. The van der Waals surface area contributed by atoms with Crippen molar-refractivity contribution in [3.63, 3.8) is 0 Å². The van der Waals surface area contributed by atoms with E-state index in [1.165, 1.54) is 0 Å². The van der Waals surface area contributed by atoms with Crippen LogP contribution in [0.1, 0.15) is 42.4 Å². The Kier molecular flexibility index (Phi) is 7.66. The van der Waals surface area contributed by atoms with Crippen molar-refractivity contribution in [1.29, 1.82) is 0 Å². The Hall–Kier alpha value is -1.86. The van der Waals surface area contributed by atoms with Gasteiger partial charge in [0.05, 0.1) is 5.56 Å². The Balaban J connectivity index is 1.93. The third-order valence-corrected chi connectivity index (χ3v) is 6.10. The van der Waals surface area contributed by atoms with Crippen LogP contribution < -0.4 is 5.32 Å². The predicted octanol–water partition coefficient (Wildman–Crippen LogP) is 4.06. The number of benzene rings is 1. The number of rotatable bonds is 8. The number of thiazole rings is 1. The van der Waals surface area contributed by atoms with Crippen LogP contribution in [-0.2, 0) is 15.3 Å². The number of carbonyl (C=O) groups excluding carboxylic acids is 2. The molecule has 5 nitrogen and oxygen atoms in total. The third kappa shape index (κ3) is 6.14. The average molecular weight is 393 g/mol. The van der Waals surface area contributed by atoms with Crippen molar-refractivity contribution in [1.82, 2.24) is 10.3 Å². The van der Waals surface area contributed by atoms with Crippen LogP contribution in [0.15, 0.2) is 34.0 Å². The standard InChI is InChI=1S/C19H24N2O3S2/c1-12(2)14(4)21-17(22)9-24-18(23)16-8-6-5-7-15(16)11-26-19-20-13(3)10-25-19/h5-8,10,12,14H,9,11H2,1-4H3,(H,21,22)/t14-/m1/s1. The number of nitrogens with zero attached hydrogens (tertiary/aromatic N) is 1. The molecule has 1 atom stereocenters. The molecule has 1 aromatic heterocycles. The molecule has 1 N–H and O–H groups in total. The predicted molar refractivity (Wildman–Crippen MR) is 106 cm³/mol. The summed E-state index contributed by atoms with van der Waals surface area (Å²) in [6, 6.07) is 7.33. The molecule has 0 aliphatic heterocycles. The summed E-state index contributed by atoms with van der Waals surface area (Å²) in [5.41, 5.74) is 2.34. The number of aryl methyl sites for hydroxylation is 1. The zero-order valence-electron chi connectivity index (χ0n) is 15.4. The second kappa shape index (κ2) is 9.73. The van der Waals surface area contributed by atoms with Gasteiger partial charge in [0.15, 0.2) is 6.61 Å². The molecule has 1 aromatic carbocycles. The van der Waals surface area contributed by atoms with Crippen molar-refractivity contribution in [3.05, 3.63) is 46.5 Å². The number of thioether (sulfide) groups is 1. The van der Waals surface area contributed by atoms with E-state index in [0.717, 1.165) is 15.6 Å². The number of ether oxygens (including phenoxy) is 1. The molecule has 0 saturated heterocycles. The largest absolute Gasteiger partial charge is 0.452 e. The molecule has 7 heteroatoms. The van der Waals surface area contributed by atoms with Gasteiger partial charge in [-0.05, 0) is 31.4 Å². The Labute approximate surface area is 162 Å². The monoisotopic (exact) mass is 392 g/mol. The molecule has 26 heavy (non-hydrogen) atoms. The van der Waals surface area contributed by atoms with Gasteiger partial charge in [0, 0.05) is 22.9 Å². The summed E-state index contributed by atoms with van der Waals surface area (Å²) < 4.78 is 6.16. The fraction of sp³-hybridized carbons (Fsp3) is 0.421. The molecular weight excluding hydrogens is 368 g/mol. The number of nitrogens with one attached hydrogen (secondary N) is 1. The van der Waals surface area contributed by atoms with E-state index < -0.39 is 5.97 Å². The molecule has 0 bridgehead atoms. The van der Waals surface area contributed by atoms with Gasteiger partial charge in [-0.15, -0.1) is 11.3 Å². The number of esters is 1. The second-order valence-corrected chi connectivity index (χ2v) is 8.46. The third-order valence-electron chi connectivity index (χ3n) is 3.91. The molecule has 0 unspecified atom stereocenters. The Morgan fingerprint density at radius 2 is 2.00 bits per heavy atom. The molecule has 0 radical (unpaired) electrons. The minimum Gasteiger partial charge on any atom is -0.452 e. The lowest BCUT2D eigenvalue weighted by Crippen LogP contribution is -2.38. The van der Waals surface area contributed by atoms with Crippen molar-refractivity contribution in [3.8, 4) is 0 Å². The number of aromatic nitrogens is 1. The zero-order valence-corrected chi connectivity index (χ0v) is 17.1. The molecular formula is C19H24N2O3S2. The minimum absolute atomic E-state index is 0.0339. The number of carbonyl (C=O) groups is 2. The summed E-state index contributed by atoms with van der Waals surface area (Å²) in [5, 5.41) is 4.82. The van der Waals surface area contributed by atoms with Gasteiger partial charge in [-0.3, -0.25) is 4.79 Å². The van der Waals surface area contributed by atoms with E-state index in [9.17, 15) is 9.59 Å². The fourth-order valence-corrected chi connectivity index (χ4v) is 3.91. The first-order valence-electron chi connectivity index (χ1n) is 8.46.